The summed E-state index contributed by atoms with van der Waals surface area (Å²) in [6.07, 6.45) is -1.03. The Morgan fingerprint density at radius 1 is 1.00 bits per heavy atom. The van der Waals surface area contributed by atoms with Crippen molar-refractivity contribution in [3.8, 4) is 5.82 Å². The number of piperazine rings is 1. The summed E-state index contributed by atoms with van der Waals surface area (Å²) in [6, 6.07) is 7.80. The minimum atomic E-state index is -4.45. The first-order valence-electron chi connectivity index (χ1n) is 9.86. The standard InChI is InChI=1S/C20H21F3N6O2S/c1-15-25-18(13-19(26-15)29-8-2-7-24-29)27-9-11-28(12-10-27)32(30,31)14-16-3-5-17(6-4-16)20(21,22)23/h2-8,13H,9-12,14H2,1H3. The van der Waals surface area contributed by atoms with E-state index in [-0.39, 0.29) is 18.8 Å². The molecule has 1 fully saturated rings. The summed E-state index contributed by atoms with van der Waals surface area (Å²) in [5.74, 6) is 1.53. The largest absolute Gasteiger partial charge is 0.416 e. The molecule has 0 amide bonds. The Labute approximate surface area is 183 Å². The first kappa shape index (κ1) is 22.2. The minimum Gasteiger partial charge on any atom is -0.354 e. The van der Waals surface area contributed by atoms with Crippen LogP contribution in [0.4, 0.5) is 19.0 Å². The van der Waals surface area contributed by atoms with Gasteiger partial charge in [0.25, 0.3) is 0 Å². The molecule has 8 nitrogen and oxygen atoms in total. The number of aromatic nitrogens is 4. The molecule has 1 aliphatic rings. The average Bonchev–Trinajstić information content (AvgIpc) is 3.28. The van der Waals surface area contributed by atoms with E-state index in [9.17, 15) is 21.6 Å². The first-order valence-corrected chi connectivity index (χ1v) is 11.5. The van der Waals surface area contributed by atoms with E-state index in [4.69, 9.17) is 0 Å². The van der Waals surface area contributed by atoms with Crippen molar-refractivity contribution >= 4 is 15.8 Å². The highest BCUT2D eigenvalue weighted by atomic mass is 32.2. The molecule has 170 valence electrons. The fourth-order valence-electron chi connectivity index (χ4n) is 3.51. The molecule has 0 N–H and O–H groups in total. The van der Waals surface area contributed by atoms with Gasteiger partial charge in [-0.25, -0.2) is 23.1 Å². The zero-order valence-electron chi connectivity index (χ0n) is 17.2. The van der Waals surface area contributed by atoms with Gasteiger partial charge in [-0.15, -0.1) is 0 Å². The number of hydrogen-bond acceptors (Lipinski definition) is 6. The lowest BCUT2D eigenvalue weighted by molar-refractivity contribution is -0.137. The topological polar surface area (TPSA) is 84.2 Å². The predicted molar refractivity (Wildman–Crippen MR) is 112 cm³/mol. The second-order valence-electron chi connectivity index (χ2n) is 7.42. The van der Waals surface area contributed by atoms with Gasteiger partial charge in [-0.2, -0.15) is 22.6 Å². The lowest BCUT2D eigenvalue weighted by Crippen LogP contribution is -2.49. The SMILES string of the molecule is Cc1nc(N2CCN(S(=O)(=O)Cc3ccc(C(F)(F)F)cc3)CC2)cc(-n2cccn2)n1. The molecule has 4 rings (SSSR count). The van der Waals surface area contributed by atoms with Gasteiger partial charge in [-0.1, -0.05) is 12.1 Å². The minimum absolute atomic E-state index is 0.253. The summed E-state index contributed by atoms with van der Waals surface area (Å²) in [5, 5.41) is 4.17. The Balaban J connectivity index is 1.42. The van der Waals surface area contributed by atoms with E-state index in [1.807, 2.05) is 4.90 Å². The molecule has 0 atom stereocenters. The number of alkyl halides is 3. The molecule has 1 saturated heterocycles. The van der Waals surface area contributed by atoms with Crippen LogP contribution in [-0.2, 0) is 22.0 Å². The molecule has 0 spiro atoms. The van der Waals surface area contributed by atoms with E-state index < -0.39 is 21.8 Å². The van der Waals surface area contributed by atoms with Gasteiger partial charge < -0.3 is 4.90 Å². The molecule has 32 heavy (non-hydrogen) atoms. The van der Waals surface area contributed by atoms with Crippen LogP contribution in [0.5, 0.6) is 0 Å². The Morgan fingerprint density at radius 3 is 2.25 bits per heavy atom. The van der Waals surface area contributed by atoms with E-state index in [0.717, 1.165) is 12.1 Å². The quantitative estimate of drug-likeness (QED) is 0.575. The fraction of sp³-hybridized carbons (Fsp3) is 0.350. The maximum atomic E-state index is 12.8. The number of halogens is 3. The molecule has 1 aliphatic heterocycles. The number of benzene rings is 1. The van der Waals surface area contributed by atoms with E-state index in [1.54, 1.807) is 36.1 Å². The smallest absolute Gasteiger partial charge is 0.354 e. The monoisotopic (exact) mass is 466 g/mol. The van der Waals surface area contributed by atoms with Crippen molar-refractivity contribution in [3.63, 3.8) is 0 Å². The van der Waals surface area contributed by atoms with Gasteiger partial charge in [0, 0.05) is 44.6 Å². The van der Waals surface area contributed by atoms with Crippen LogP contribution in [0.25, 0.3) is 5.82 Å². The number of rotatable bonds is 5. The van der Waals surface area contributed by atoms with Crippen molar-refractivity contribution in [1.29, 1.82) is 0 Å². The lowest BCUT2D eigenvalue weighted by atomic mass is 10.1. The number of anilines is 1. The highest BCUT2D eigenvalue weighted by Gasteiger charge is 2.31. The van der Waals surface area contributed by atoms with Gasteiger partial charge in [-0.05, 0) is 30.7 Å². The average molecular weight is 466 g/mol. The highest BCUT2D eigenvalue weighted by Crippen LogP contribution is 2.29. The Morgan fingerprint density at radius 2 is 1.66 bits per heavy atom. The van der Waals surface area contributed by atoms with Crippen molar-refractivity contribution in [2.45, 2.75) is 18.9 Å². The molecule has 3 aromatic rings. The van der Waals surface area contributed by atoms with Gasteiger partial charge in [0.05, 0.1) is 11.3 Å². The van der Waals surface area contributed by atoms with Crippen LogP contribution in [0.15, 0.2) is 48.8 Å². The second kappa shape index (κ2) is 8.51. The maximum absolute atomic E-state index is 12.8. The maximum Gasteiger partial charge on any atom is 0.416 e. The Hall–Kier alpha value is -2.99. The van der Waals surface area contributed by atoms with Crippen LogP contribution in [0.1, 0.15) is 17.0 Å². The third kappa shape index (κ3) is 4.91. The molecule has 0 radical (unpaired) electrons. The van der Waals surface area contributed by atoms with Crippen LogP contribution >= 0.6 is 0 Å². The molecule has 0 bridgehead atoms. The molecule has 0 unspecified atom stereocenters. The van der Waals surface area contributed by atoms with Crippen LogP contribution in [0.2, 0.25) is 0 Å². The van der Waals surface area contributed by atoms with E-state index in [2.05, 4.69) is 15.1 Å². The van der Waals surface area contributed by atoms with E-state index in [1.165, 1.54) is 16.4 Å². The van der Waals surface area contributed by atoms with Gasteiger partial charge >= 0.3 is 6.18 Å². The molecule has 12 heteroatoms. The number of nitrogens with zero attached hydrogens (tertiary/aromatic N) is 6. The molecule has 2 aromatic heterocycles. The van der Waals surface area contributed by atoms with Crippen molar-refractivity contribution in [2.24, 2.45) is 0 Å². The van der Waals surface area contributed by atoms with Crippen molar-refractivity contribution < 1.29 is 21.6 Å². The third-order valence-corrected chi connectivity index (χ3v) is 6.99. The number of sulfonamides is 1. The predicted octanol–water partition coefficient (Wildman–Crippen LogP) is 2.64. The van der Waals surface area contributed by atoms with Crippen LogP contribution in [0, 0.1) is 6.92 Å². The molecule has 0 aliphatic carbocycles. The Bertz CT molecular complexity index is 1170. The normalized spacial score (nSPS) is 15.8. The zero-order chi connectivity index (χ0) is 22.9. The van der Waals surface area contributed by atoms with E-state index in [0.29, 0.717) is 36.1 Å². The van der Waals surface area contributed by atoms with Crippen LogP contribution in [0.3, 0.4) is 0 Å². The summed E-state index contributed by atoms with van der Waals surface area (Å²) in [5.41, 5.74) is -0.488. The number of aryl methyl sites for hydroxylation is 1. The zero-order valence-corrected chi connectivity index (χ0v) is 18.0. The summed E-state index contributed by atoms with van der Waals surface area (Å²) < 4.78 is 66.7. The summed E-state index contributed by atoms with van der Waals surface area (Å²) in [6.45, 7) is 3.15. The third-order valence-electron chi connectivity index (χ3n) is 5.14. The summed E-state index contributed by atoms with van der Waals surface area (Å²) in [7, 11) is -3.66. The molecule has 0 saturated carbocycles. The van der Waals surface area contributed by atoms with Crippen LogP contribution in [-0.4, -0.2) is 58.7 Å². The molecule has 1 aromatic carbocycles. The molecule has 3 heterocycles. The molecular formula is C20H21F3N6O2S. The number of hydrogen-bond donors (Lipinski definition) is 0. The fourth-order valence-corrected chi connectivity index (χ4v) is 5.02. The Kier molecular flexibility index (Phi) is 5.91. The molecular weight excluding hydrogens is 445 g/mol. The van der Waals surface area contributed by atoms with Crippen molar-refractivity contribution in [2.75, 3.05) is 31.1 Å². The summed E-state index contributed by atoms with van der Waals surface area (Å²) in [4.78, 5) is 10.8. The summed E-state index contributed by atoms with van der Waals surface area (Å²) >= 11 is 0. The van der Waals surface area contributed by atoms with Gasteiger partial charge in [0.15, 0.2) is 5.82 Å². The lowest BCUT2D eigenvalue weighted by Gasteiger charge is -2.34. The van der Waals surface area contributed by atoms with Gasteiger partial charge in [-0.3, -0.25) is 0 Å². The van der Waals surface area contributed by atoms with Crippen molar-refractivity contribution in [3.05, 3.63) is 65.7 Å². The van der Waals surface area contributed by atoms with Gasteiger partial charge in [0.2, 0.25) is 10.0 Å². The first-order chi connectivity index (χ1) is 15.1. The second-order valence-corrected chi connectivity index (χ2v) is 9.39. The van der Waals surface area contributed by atoms with Crippen molar-refractivity contribution in [1.82, 2.24) is 24.1 Å². The van der Waals surface area contributed by atoms with Crippen LogP contribution < -0.4 is 4.90 Å². The van der Waals surface area contributed by atoms with E-state index >= 15 is 0 Å². The van der Waals surface area contributed by atoms with Gasteiger partial charge in [0.1, 0.15) is 11.6 Å². The highest BCUT2D eigenvalue weighted by molar-refractivity contribution is 7.88.